The molecule has 0 aliphatic carbocycles. The van der Waals surface area contributed by atoms with Crippen molar-refractivity contribution in [2.24, 2.45) is 0 Å². The molecule has 118 valence electrons. The molecule has 2 aromatic heterocycles. The summed E-state index contributed by atoms with van der Waals surface area (Å²) in [6.07, 6.45) is 3.65. The number of nitrogens with one attached hydrogen (secondary N) is 1. The van der Waals surface area contributed by atoms with Crippen molar-refractivity contribution in [1.29, 1.82) is 0 Å². The number of aryl methyl sites for hydroxylation is 1. The van der Waals surface area contributed by atoms with Crippen LogP contribution in [0.1, 0.15) is 40.3 Å². The molecule has 0 bridgehead atoms. The largest absolute Gasteiger partial charge is 0.465 e. The minimum Gasteiger partial charge on any atom is -0.465 e. The van der Waals surface area contributed by atoms with Crippen molar-refractivity contribution in [1.82, 2.24) is 14.9 Å². The van der Waals surface area contributed by atoms with Gasteiger partial charge in [-0.15, -0.1) is 11.3 Å². The number of ether oxygens (including phenoxy) is 1. The fraction of sp³-hybridized carbons (Fsp3) is 0.533. The summed E-state index contributed by atoms with van der Waals surface area (Å²) >= 11 is 1.22. The van der Waals surface area contributed by atoms with Crippen molar-refractivity contribution < 1.29 is 9.53 Å². The third-order valence-electron chi connectivity index (χ3n) is 4.04. The van der Waals surface area contributed by atoms with Crippen LogP contribution in [0, 0.1) is 6.92 Å². The van der Waals surface area contributed by atoms with Gasteiger partial charge in [0.15, 0.2) is 0 Å². The minimum absolute atomic E-state index is 0.180. The monoisotopic (exact) mass is 321 g/mol. The molecule has 0 amide bonds. The van der Waals surface area contributed by atoms with E-state index in [2.05, 4.69) is 14.9 Å². The summed E-state index contributed by atoms with van der Waals surface area (Å²) in [6, 6.07) is 0. The van der Waals surface area contributed by atoms with Gasteiger partial charge in [-0.25, -0.2) is 9.78 Å². The van der Waals surface area contributed by atoms with E-state index in [1.54, 1.807) is 6.92 Å². The number of aromatic amines is 1. The normalized spacial score (nSPS) is 16.1. The number of esters is 1. The molecule has 0 atom stereocenters. The van der Waals surface area contributed by atoms with E-state index in [9.17, 15) is 9.59 Å². The predicted molar refractivity (Wildman–Crippen MR) is 85.4 cm³/mol. The Morgan fingerprint density at radius 1 is 1.36 bits per heavy atom. The third kappa shape index (κ3) is 2.78. The van der Waals surface area contributed by atoms with E-state index >= 15 is 0 Å². The van der Waals surface area contributed by atoms with Crippen molar-refractivity contribution >= 4 is 27.5 Å². The van der Waals surface area contributed by atoms with Gasteiger partial charge in [0.05, 0.1) is 19.0 Å². The van der Waals surface area contributed by atoms with Crippen molar-refractivity contribution in [3.8, 4) is 0 Å². The summed E-state index contributed by atoms with van der Waals surface area (Å²) in [7, 11) is 1.34. The highest BCUT2D eigenvalue weighted by Crippen LogP contribution is 2.27. The van der Waals surface area contributed by atoms with Crippen molar-refractivity contribution in [2.45, 2.75) is 32.7 Å². The molecule has 22 heavy (non-hydrogen) atoms. The molecule has 3 rings (SSSR count). The fourth-order valence-corrected chi connectivity index (χ4v) is 4.00. The van der Waals surface area contributed by atoms with E-state index < -0.39 is 5.97 Å². The Morgan fingerprint density at radius 3 is 2.77 bits per heavy atom. The third-order valence-corrected chi connectivity index (χ3v) is 5.21. The minimum atomic E-state index is -0.419. The molecule has 0 unspecified atom stereocenters. The summed E-state index contributed by atoms with van der Waals surface area (Å²) in [5.74, 6) is 0.245. The zero-order chi connectivity index (χ0) is 15.7. The average Bonchev–Trinajstić information content (AvgIpc) is 2.85. The molecule has 1 N–H and O–H groups in total. The molecule has 6 nitrogen and oxygen atoms in total. The molecule has 2 aromatic rings. The van der Waals surface area contributed by atoms with Gasteiger partial charge >= 0.3 is 5.97 Å². The molecular formula is C15H19N3O3S. The van der Waals surface area contributed by atoms with Crippen LogP contribution in [-0.2, 0) is 11.3 Å². The zero-order valence-corrected chi connectivity index (χ0v) is 13.6. The second-order valence-electron chi connectivity index (χ2n) is 5.58. The van der Waals surface area contributed by atoms with E-state index in [1.165, 1.54) is 37.7 Å². The summed E-state index contributed by atoms with van der Waals surface area (Å²) in [5.41, 5.74) is 0.464. The number of thiophene rings is 1. The van der Waals surface area contributed by atoms with Crippen LogP contribution >= 0.6 is 11.3 Å². The molecule has 1 saturated heterocycles. The van der Waals surface area contributed by atoms with E-state index in [1.807, 2.05) is 0 Å². The second kappa shape index (κ2) is 6.18. The predicted octanol–water partition coefficient (Wildman–Crippen LogP) is 2.07. The summed E-state index contributed by atoms with van der Waals surface area (Å²) in [4.78, 5) is 34.8. The Hall–Kier alpha value is -1.73. The zero-order valence-electron chi connectivity index (χ0n) is 12.8. The van der Waals surface area contributed by atoms with Crippen LogP contribution in [-0.4, -0.2) is 41.0 Å². The number of piperidine rings is 1. The van der Waals surface area contributed by atoms with Gasteiger partial charge in [0, 0.05) is 0 Å². The maximum atomic E-state index is 12.3. The first-order valence-electron chi connectivity index (χ1n) is 7.43. The molecule has 0 spiro atoms. The van der Waals surface area contributed by atoms with Crippen LogP contribution in [0.2, 0.25) is 0 Å². The Bertz CT molecular complexity index is 759. The number of likely N-dealkylation sites (tertiary alicyclic amines) is 1. The Kier molecular flexibility index (Phi) is 4.26. The molecule has 3 heterocycles. The number of H-pyrrole nitrogens is 1. The first kappa shape index (κ1) is 15.2. The number of aromatic nitrogens is 2. The van der Waals surface area contributed by atoms with Crippen molar-refractivity contribution in [2.75, 3.05) is 20.2 Å². The molecule has 0 aromatic carbocycles. The van der Waals surface area contributed by atoms with Crippen LogP contribution in [0.4, 0.5) is 0 Å². The molecular weight excluding hydrogens is 302 g/mol. The van der Waals surface area contributed by atoms with Gasteiger partial charge in [0.2, 0.25) is 0 Å². The summed E-state index contributed by atoms with van der Waals surface area (Å²) in [6.45, 7) is 4.49. The Balaban J connectivity index is 1.97. The number of hydrogen-bond acceptors (Lipinski definition) is 6. The molecule has 7 heteroatoms. The number of fused-ring (bicyclic) bond motifs is 1. The highest BCUT2D eigenvalue weighted by atomic mass is 32.1. The van der Waals surface area contributed by atoms with Crippen molar-refractivity contribution in [3.63, 3.8) is 0 Å². The van der Waals surface area contributed by atoms with E-state index in [-0.39, 0.29) is 5.56 Å². The maximum absolute atomic E-state index is 12.3. The molecule has 0 radical (unpaired) electrons. The molecule has 0 saturated carbocycles. The maximum Gasteiger partial charge on any atom is 0.348 e. The van der Waals surface area contributed by atoms with Gasteiger partial charge in [-0.2, -0.15) is 0 Å². The number of carbonyl (C=O) groups excluding carboxylic acids is 1. The number of rotatable bonds is 3. The first-order chi connectivity index (χ1) is 10.6. The molecule has 1 fully saturated rings. The van der Waals surface area contributed by atoms with Gasteiger partial charge < -0.3 is 9.72 Å². The van der Waals surface area contributed by atoms with Crippen molar-refractivity contribution in [3.05, 3.63) is 26.6 Å². The Labute approximate surface area is 132 Å². The number of nitrogens with zero attached hydrogens (tertiary/aromatic N) is 2. The van der Waals surface area contributed by atoms with E-state index in [0.29, 0.717) is 33.0 Å². The van der Waals surface area contributed by atoms with Gasteiger partial charge in [-0.3, -0.25) is 9.69 Å². The lowest BCUT2D eigenvalue weighted by Crippen LogP contribution is -2.30. The fourth-order valence-electron chi connectivity index (χ4n) is 2.88. The lowest BCUT2D eigenvalue weighted by Gasteiger charge is -2.25. The average molecular weight is 321 g/mol. The molecule has 1 aliphatic rings. The number of carbonyl (C=O) groups is 1. The number of hydrogen-bond donors (Lipinski definition) is 1. The highest BCUT2D eigenvalue weighted by molar-refractivity contribution is 7.20. The second-order valence-corrected chi connectivity index (χ2v) is 6.58. The summed E-state index contributed by atoms with van der Waals surface area (Å²) < 4.78 is 4.76. The van der Waals surface area contributed by atoms with Crippen LogP contribution < -0.4 is 5.56 Å². The number of methoxy groups -OCH3 is 1. The van der Waals surface area contributed by atoms with E-state index in [0.717, 1.165) is 13.1 Å². The van der Waals surface area contributed by atoms with Crippen LogP contribution in [0.15, 0.2) is 4.79 Å². The topological polar surface area (TPSA) is 75.3 Å². The standard InChI is InChI=1S/C15H19N3O3S/c1-9-11-13(19)16-10(8-18-6-4-3-5-7-18)17-14(11)22-12(9)15(20)21-2/h3-8H2,1-2H3,(H,16,17,19). The smallest absolute Gasteiger partial charge is 0.348 e. The lowest BCUT2D eigenvalue weighted by atomic mass is 10.1. The summed E-state index contributed by atoms with van der Waals surface area (Å²) in [5, 5.41) is 0.493. The van der Waals surface area contributed by atoms with Gasteiger partial charge in [0.25, 0.3) is 5.56 Å². The lowest BCUT2D eigenvalue weighted by molar-refractivity contribution is 0.0605. The SMILES string of the molecule is COC(=O)c1sc2nc(CN3CCCCC3)[nH]c(=O)c2c1C. The highest BCUT2D eigenvalue weighted by Gasteiger charge is 2.20. The van der Waals surface area contributed by atoms with Gasteiger partial charge in [-0.1, -0.05) is 6.42 Å². The molecule has 1 aliphatic heterocycles. The Morgan fingerprint density at radius 2 is 2.09 bits per heavy atom. The van der Waals surface area contributed by atoms with Crippen LogP contribution in [0.3, 0.4) is 0 Å². The quantitative estimate of drug-likeness (QED) is 0.876. The van der Waals surface area contributed by atoms with Crippen LogP contribution in [0.25, 0.3) is 10.2 Å². The van der Waals surface area contributed by atoms with Gasteiger partial charge in [-0.05, 0) is 38.4 Å². The van der Waals surface area contributed by atoms with Crippen LogP contribution in [0.5, 0.6) is 0 Å². The van der Waals surface area contributed by atoms with E-state index in [4.69, 9.17) is 4.74 Å². The van der Waals surface area contributed by atoms with Gasteiger partial charge in [0.1, 0.15) is 15.5 Å². The first-order valence-corrected chi connectivity index (χ1v) is 8.24.